The number of rotatable bonds is 5. The maximum Gasteiger partial charge on any atom is 0.325 e. The molecule has 6 nitrogen and oxygen atoms in total. The van der Waals surface area contributed by atoms with Crippen molar-refractivity contribution in [2.75, 3.05) is 13.1 Å². The molecule has 0 spiro atoms. The highest BCUT2D eigenvalue weighted by molar-refractivity contribution is 5.98. The number of nitrogens with one attached hydrogen (secondary N) is 2. The van der Waals surface area contributed by atoms with E-state index in [4.69, 9.17) is 0 Å². The number of carbonyl (C=O) groups is 1. The number of carbonyl (C=O) groups excluding carboxylic acids is 1. The first-order valence-electron chi connectivity index (χ1n) is 10.3. The Kier molecular flexibility index (Phi) is 5.77. The normalized spacial score (nSPS) is 17.0. The van der Waals surface area contributed by atoms with Crippen LogP contribution in [-0.4, -0.2) is 33.7 Å². The van der Waals surface area contributed by atoms with E-state index in [2.05, 4.69) is 27.0 Å². The van der Waals surface area contributed by atoms with Crippen LogP contribution in [0.1, 0.15) is 34.5 Å². The molecule has 0 saturated carbocycles. The number of aromatic nitrogens is 2. The molecule has 2 aromatic carbocycles. The lowest BCUT2D eigenvalue weighted by Crippen LogP contribution is -2.40. The fraction of sp³-hybridized carbons (Fsp3) is 0.292. The lowest BCUT2D eigenvalue weighted by atomic mass is 9.89. The Bertz CT molecular complexity index is 1150. The van der Waals surface area contributed by atoms with Crippen LogP contribution in [0.5, 0.6) is 0 Å². The average Bonchev–Trinajstić information content (AvgIpc) is 2.77. The number of aryl methyl sites for hydroxylation is 1. The molecule has 3 aromatic rings. The summed E-state index contributed by atoms with van der Waals surface area (Å²) in [7, 11) is 0. The quantitative estimate of drug-likeness (QED) is 0.641. The van der Waals surface area contributed by atoms with E-state index in [1.807, 2.05) is 42.5 Å². The molecular weight excluding hydrogens is 378 g/mol. The van der Waals surface area contributed by atoms with Gasteiger partial charge in [0.05, 0.1) is 5.56 Å². The van der Waals surface area contributed by atoms with Crippen molar-refractivity contribution >= 4 is 5.78 Å². The first-order valence-corrected chi connectivity index (χ1v) is 10.3. The number of ketones is 1. The summed E-state index contributed by atoms with van der Waals surface area (Å²) in [5, 5.41) is 0. The summed E-state index contributed by atoms with van der Waals surface area (Å²) in [5.41, 5.74) is 3.21. The lowest BCUT2D eigenvalue weighted by molar-refractivity contribution is 0.0811. The van der Waals surface area contributed by atoms with Crippen LogP contribution >= 0.6 is 0 Å². The van der Waals surface area contributed by atoms with Crippen molar-refractivity contribution in [1.82, 2.24) is 14.9 Å². The van der Waals surface area contributed by atoms with Gasteiger partial charge in [-0.25, -0.2) is 4.79 Å². The van der Waals surface area contributed by atoms with Gasteiger partial charge in [-0.1, -0.05) is 54.6 Å². The molecule has 4 rings (SSSR count). The smallest absolute Gasteiger partial charge is 0.311 e. The summed E-state index contributed by atoms with van der Waals surface area (Å²) in [6, 6.07) is 17.9. The van der Waals surface area contributed by atoms with Gasteiger partial charge in [-0.3, -0.25) is 19.5 Å². The number of nitrogens with zero attached hydrogens (tertiary/aromatic N) is 1. The molecule has 0 amide bonds. The molecule has 0 aliphatic carbocycles. The van der Waals surface area contributed by atoms with Crippen LogP contribution < -0.4 is 11.2 Å². The monoisotopic (exact) mass is 403 g/mol. The van der Waals surface area contributed by atoms with Crippen LogP contribution in [0.4, 0.5) is 0 Å². The number of likely N-dealkylation sites (tertiary alicyclic amines) is 1. The Labute approximate surface area is 174 Å². The standard InChI is InChI=1S/C24H25N3O3/c1-16-21(23(29)26-24(30)25-16)15-27-13-5-8-20(14-27)22(28)19-11-9-18(10-12-19)17-6-3-2-4-7-17/h2-4,6-7,9-12,20H,5,8,13-15H2,1H3,(H2,25,26,29,30). The highest BCUT2D eigenvalue weighted by Gasteiger charge is 2.27. The van der Waals surface area contributed by atoms with Gasteiger partial charge in [0.1, 0.15) is 0 Å². The van der Waals surface area contributed by atoms with Crippen molar-refractivity contribution < 1.29 is 4.79 Å². The number of piperidine rings is 1. The second kappa shape index (κ2) is 8.63. The number of hydrogen-bond acceptors (Lipinski definition) is 4. The molecule has 6 heteroatoms. The van der Waals surface area contributed by atoms with Gasteiger partial charge < -0.3 is 4.98 Å². The second-order valence-electron chi connectivity index (χ2n) is 7.89. The summed E-state index contributed by atoms with van der Waals surface area (Å²) < 4.78 is 0. The van der Waals surface area contributed by atoms with E-state index < -0.39 is 5.69 Å². The summed E-state index contributed by atoms with van der Waals surface area (Å²) in [5.74, 6) is 0.0508. The molecule has 2 N–H and O–H groups in total. The topological polar surface area (TPSA) is 86.0 Å². The third kappa shape index (κ3) is 4.33. The van der Waals surface area contributed by atoms with E-state index in [-0.39, 0.29) is 17.3 Å². The summed E-state index contributed by atoms with van der Waals surface area (Å²) in [4.78, 5) is 43.7. The zero-order valence-corrected chi connectivity index (χ0v) is 17.0. The van der Waals surface area contributed by atoms with Crippen molar-refractivity contribution in [3.63, 3.8) is 0 Å². The fourth-order valence-electron chi connectivity index (χ4n) is 4.15. The summed E-state index contributed by atoms with van der Waals surface area (Å²) in [6.07, 6.45) is 1.75. The van der Waals surface area contributed by atoms with Gasteiger partial charge in [0.2, 0.25) is 0 Å². The van der Waals surface area contributed by atoms with Crippen LogP contribution in [0.25, 0.3) is 11.1 Å². The summed E-state index contributed by atoms with van der Waals surface area (Å²) in [6.45, 7) is 3.59. The van der Waals surface area contributed by atoms with Gasteiger partial charge in [0.15, 0.2) is 5.78 Å². The van der Waals surface area contributed by atoms with Crippen molar-refractivity contribution in [2.45, 2.75) is 26.3 Å². The molecule has 154 valence electrons. The number of benzene rings is 2. The Morgan fingerprint density at radius 1 is 1.00 bits per heavy atom. The maximum absolute atomic E-state index is 13.1. The van der Waals surface area contributed by atoms with Crippen molar-refractivity contribution in [1.29, 1.82) is 0 Å². The first-order chi connectivity index (χ1) is 14.5. The van der Waals surface area contributed by atoms with E-state index in [1.54, 1.807) is 6.92 Å². The predicted octanol–water partition coefficient (Wildman–Crippen LogP) is 3.13. The maximum atomic E-state index is 13.1. The van der Waals surface area contributed by atoms with Gasteiger partial charge in [0, 0.05) is 30.3 Å². The molecule has 2 heterocycles. The van der Waals surface area contributed by atoms with E-state index in [1.165, 1.54) is 0 Å². The lowest BCUT2D eigenvalue weighted by Gasteiger charge is -2.32. The van der Waals surface area contributed by atoms with E-state index >= 15 is 0 Å². The Morgan fingerprint density at radius 2 is 1.70 bits per heavy atom. The molecule has 30 heavy (non-hydrogen) atoms. The van der Waals surface area contributed by atoms with Crippen molar-refractivity contribution in [3.8, 4) is 11.1 Å². The molecule has 0 radical (unpaired) electrons. The number of hydrogen-bond donors (Lipinski definition) is 2. The van der Waals surface area contributed by atoms with E-state index in [0.29, 0.717) is 24.3 Å². The van der Waals surface area contributed by atoms with Crippen LogP contribution in [0.2, 0.25) is 0 Å². The highest BCUT2D eigenvalue weighted by atomic mass is 16.2. The number of H-pyrrole nitrogens is 2. The summed E-state index contributed by atoms with van der Waals surface area (Å²) >= 11 is 0. The van der Waals surface area contributed by atoms with Crippen molar-refractivity contribution in [2.24, 2.45) is 5.92 Å². The molecule has 1 unspecified atom stereocenters. The molecule has 1 aliphatic rings. The largest absolute Gasteiger partial charge is 0.325 e. The van der Waals surface area contributed by atoms with Gasteiger partial charge in [-0.2, -0.15) is 0 Å². The van der Waals surface area contributed by atoms with Gasteiger partial charge >= 0.3 is 5.69 Å². The second-order valence-corrected chi connectivity index (χ2v) is 7.89. The zero-order chi connectivity index (χ0) is 21.1. The molecule has 1 aliphatic heterocycles. The van der Waals surface area contributed by atoms with Crippen LogP contribution in [-0.2, 0) is 6.54 Å². The Hall–Kier alpha value is -3.25. The third-order valence-electron chi connectivity index (χ3n) is 5.79. The zero-order valence-electron chi connectivity index (χ0n) is 17.0. The van der Waals surface area contributed by atoms with Gasteiger partial charge in [0.25, 0.3) is 5.56 Å². The van der Waals surface area contributed by atoms with Crippen LogP contribution in [0.15, 0.2) is 64.2 Å². The van der Waals surface area contributed by atoms with Crippen LogP contribution in [0.3, 0.4) is 0 Å². The minimum Gasteiger partial charge on any atom is -0.311 e. The molecular formula is C24H25N3O3. The highest BCUT2D eigenvalue weighted by Crippen LogP contribution is 2.24. The SMILES string of the molecule is Cc1[nH]c(=O)[nH]c(=O)c1CN1CCCC(C(=O)c2ccc(-c3ccccc3)cc2)C1. The number of Topliss-reactive ketones (excluding diaryl/α,β-unsaturated/α-hetero) is 1. The van der Waals surface area contributed by atoms with E-state index in [9.17, 15) is 14.4 Å². The molecule has 1 saturated heterocycles. The van der Waals surface area contributed by atoms with Gasteiger partial charge in [-0.15, -0.1) is 0 Å². The minimum atomic E-state index is -0.494. The molecule has 1 fully saturated rings. The average molecular weight is 403 g/mol. The van der Waals surface area contributed by atoms with Gasteiger partial charge in [-0.05, 0) is 37.4 Å². The molecule has 1 atom stereocenters. The van der Waals surface area contributed by atoms with Crippen molar-refractivity contribution in [3.05, 3.63) is 92.3 Å². The Morgan fingerprint density at radius 3 is 2.40 bits per heavy atom. The van der Waals surface area contributed by atoms with E-state index in [0.717, 1.165) is 36.1 Å². The third-order valence-corrected chi connectivity index (χ3v) is 5.79. The first kappa shape index (κ1) is 20.0. The molecule has 0 bridgehead atoms. The van der Waals surface area contributed by atoms with Crippen LogP contribution in [0, 0.1) is 12.8 Å². The fourth-order valence-corrected chi connectivity index (χ4v) is 4.15. The Balaban J connectivity index is 1.46. The minimum absolute atomic E-state index is 0.0940. The molecule has 1 aromatic heterocycles. The number of aromatic amines is 2. The predicted molar refractivity (Wildman–Crippen MR) is 117 cm³/mol.